The van der Waals surface area contributed by atoms with Crippen LogP contribution >= 0.6 is 11.3 Å². The molecule has 154 valence electrons. The smallest absolute Gasteiger partial charge is 0.220 e. The summed E-state index contributed by atoms with van der Waals surface area (Å²) in [7, 11) is 0. The van der Waals surface area contributed by atoms with E-state index in [4.69, 9.17) is 0 Å². The Morgan fingerprint density at radius 1 is 1.28 bits per heavy atom. The number of nitrogens with one attached hydrogen (secondary N) is 1. The van der Waals surface area contributed by atoms with Crippen LogP contribution in [0.25, 0.3) is 5.65 Å². The Bertz CT molecular complexity index is 988. The number of fused-ring (bicyclic) bond motifs is 1. The van der Waals surface area contributed by atoms with E-state index in [0.717, 1.165) is 41.4 Å². The van der Waals surface area contributed by atoms with Crippen LogP contribution in [-0.4, -0.2) is 45.0 Å². The van der Waals surface area contributed by atoms with E-state index in [0.29, 0.717) is 19.4 Å². The molecule has 0 aromatic carbocycles. The van der Waals surface area contributed by atoms with Gasteiger partial charge in [0, 0.05) is 35.3 Å². The number of amides is 1. The summed E-state index contributed by atoms with van der Waals surface area (Å²) >= 11 is 1.78. The standard InChI is InChI=1S/C22H29N5OS/c1-15-13-21-24-16(2)18(17(3)27(21)25-15)8-9-22(28)23-14-19(20-7-6-12-29-20)26-10-4-5-11-26/h6-7,12-13,19H,4-5,8-11,14H2,1-3H3,(H,23,28). The van der Waals surface area contributed by atoms with Crippen molar-refractivity contribution in [2.75, 3.05) is 19.6 Å². The highest BCUT2D eigenvalue weighted by Gasteiger charge is 2.24. The van der Waals surface area contributed by atoms with Gasteiger partial charge >= 0.3 is 0 Å². The average molecular weight is 412 g/mol. The van der Waals surface area contributed by atoms with Crippen LogP contribution in [0.2, 0.25) is 0 Å². The average Bonchev–Trinajstić information content (AvgIpc) is 3.44. The minimum Gasteiger partial charge on any atom is -0.354 e. The molecule has 3 aromatic rings. The fourth-order valence-electron chi connectivity index (χ4n) is 4.28. The van der Waals surface area contributed by atoms with Crippen molar-refractivity contribution in [2.24, 2.45) is 0 Å². The molecule has 1 amide bonds. The Kier molecular flexibility index (Phi) is 5.96. The molecule has 0 saturated carbocycles. The second kappa shape index (κ2) is 8.63. The van der Waals surface area contributed by atoms with Gasteiger partial charge in [0.15, 0.2) is 5.65 Å². The highest BCUT2D eigenvalue weighted by atomic mass is 32.1. The van der Waals surface area contributed by atoms with Gasteiger partial charge in [-0.25, -0.2) is 9.50 Å². The van der Waals surface area contributed by atoms with E-state index in [-0.39, 0.29) is 11.9 Å². The first-order chi connectivity index (χ1) is 14.0. The quantitative estimate of drug-likeness (QED) is 0.645. The first-order valence-electron chi connectivity index (χ1n) is 10.4. The molecular weight excluding hydrogens is 382 g/mol. The number of aromatic nitrogens is 3. The molecule has 0 radical (unpaired) electrons. The summed E-state index contributed by atoms with van der Waals surface area (Å²) in [6.07, 6.45) is 3.64. The summed E-state index contributed by atoms with van der Waals surface area (Å²) < 4.78 is 1.88. The summed E-state index contributed by atoms with van der Waals surface area (Å²) in [6, 6.07) is 6.55. The third-order valence-electron chi connectivity index (χ3n) is 5.83. The molecule has 1 unspecified atom stereocenters. The van der Waals surface area contributed by atoms with Crippen LogP contribution in [-0.2, 0) is 11.2 Å². The molecule has 0 bridgehead atoms. The third-order valence-corrected chi connectivity index (χ3v) is 6.81. The Morgan fingerprint density at radius 2 is 2.07 bits per heavy atom. The highest BCUT2D eigenvalue weighted by Crippen LogP contribution is 2.28. The molecule has 4 heterocycles. The second-order valence-electron chi connectivity index (χ2n) is 7.90. The monoisotopic (exact) mass is 411 g/mol. The number of nitrogens with zero attached hydrogens (tertiary/aromatic N) is 4. The lowest BCUT2D eigenvalue weighted by Gasteiger charge is -2.27. The van der Waals surface area contributed by atoms with Crippen molar-refractivity contribution < 1.29 is 4.79 Å². The number of rotatable bonds is 7. The summed E-state index contributed by atoms with van der Waals surface area (Å²) in [6.45, 7) is 8.95. The lowest BCUT2D eigenvalue weighted by Crippen LogP contribution is -2.36. The number of thiophene rings is 1. The minimum atomic E-state index is 0.0984. The zero-order chi connectivity index (χ0) is 20.4. The molecule has 0 aliphatic carbocycles. The fraction of sp³-hybridized carbons (Fsp3) is 0.500. The van der Waals surface area contributed by atoms with Crippen LogP contribution in [0.1, 0.15) is 52.8 Å². The number of hydrogen-bond donors (Lipinski definition) is 1. The summed E-state index contributed by atoms with van der Waals surface area (Å²) in [5.74, 6) is 0.0984. The zero-order valence-corrected chi connectivity index (χ0v) is 18.3. The Balaban J connectivity index is 1.39. The summed E-state index contributed by atoms with van der Waals surface area (Å²) in [4.78, 5) is 21.1. The Morgan fingerprint density at radius 3 is 2.79 bits per heavy atom. The van der Waals surface area contributed by atoms with Gasteiger partial charge in [0.05, 0.1) is 11.7 Å². The van der Waals surface area contributed by atoms with Crippen molar-refractivity contribution in [3.63, 3.8) is 0 Å². The number of likely N-dealkylation sites (tertiary alicyclic amines) is 1. The normalized spacial score (nSPS) is 15.8. The molecule has 1 fully saturated rings. The van der Waals surface area contributed by atoms with E-state index in [2.05, 4.69) is 44.7 Å². The number of carbonyl (C=O) groups excluding carboxylic acids is 1. The maximum atomic E-state index is 12.6. The van der Waals surface area contributed by atoms with Crippen molar-refractivity contribution in [3.05, 3.63) is 51.1 Å². The van der Waals surface area contributed by atoms with Crippen molar-refractivity contribution >= 4 is 22.9 Å². The first kappa shape index (κ1) is 20.0. The van der Waals surface area contributed by atoms with Crippen molar-refractivity contribution in [2.45, 2.75) is 52.5 Å². The molecule has 1 aliphatic rings. The molecule has 29 heavy (non-hydrogen) atoms. The van der Waals surface area contributed by atoms with Gasteiger partial charge in [-0.1, -0.05) is 6.07 Å². The predicted octanol–water partition coefficient (Wildman–Crippen LogP) is 3.60. The number of hydrogen-bond acceptors (Lipinski definition) is 5. The molecule has 1 saturated heterocycles. The van der Waals surface area contributed by atoms with E-state index in [1.165, 1.54) is 17.7 Å². The number of aryl methyl sites for hydroxylation is 3. The van der Waals surface area contributed by atoms with Crippen LogP contribution in [0.15, 0.2) is 23.6 Å². The van der Waals surface area contributed by atoms with Crippen molar-refractivity contribution in [3.8, 4) is 0 Å². The molecule has 1 aliphatic heterocycles. The zero-order valence-electron chi connectivity index (χ0n) is 17.4. The van der Waals surface area contributed by atoms with Gasteiger partial charge in [-0.05, 0) is 70.1 Å². The van der Waals surface area contributed by atoms with Gasteiger partial charge in [-0.15, -0.1) is 11.3 Å². The van der Waals surface area contributed by atoms with Crippen molar-refractivity contribution in [1.82, 2.24) is 24.8 Å². The molecular formula is C22H29N5OS. The first-order valence-corrected chi connectivity index (χ1v) is 11.3. The summed E-state index contributed by atoms with van der Waals surface area (Å²) in [5.41, 5.74) is 5.00. The van der Waals surface area contributed by atoms with Crippen molar-refractivity contribution in [1.29, 1.82) is 0 Å². The van der Waals surface area contributed by atoms with Crippen LogP contribution in [0, 0.1) is 20.8 Å². The highest BCUT2D eigenvalue weighted by molar-refractivity contribution is 7.10. The van der Waals surface area contributed by atoms with Gasteiger partial charge in [0.25, 0.3) is 0 Å². The molecule has 7 heteroatoms. The third kappa shape index (κ3) is 4.36. The van der Waals surface area contributed by atoms with Crippen LogP contribution < -0.4 is 5.32 Å². The number of carbonyl (C=O) groups is 1. The van der Waals surface area contributed by atoms with Gasteiger partial charge < -0.3 is 5.32 Å². The van der Waals surface area contributed by atoms with E-state index in [1.54, 1.807) is 11.3 Å². The van der Waals surface area contributed by atoms with E-state index < -0.39 is 0 Å². The maximum Gasteiger partial charge on any atom is 0.220 e. The minimum absolute atomic E-state index is 0.0984. The predicted molar refractivity (Wildman–Crippen MR) is 116 cm³/mol. The Labute approximate surface area is 175 Å². The molecule has 3 aromatic heterocycles. The SMILES string of the molecule is Cc1cc2nc(C)c(CCC(=O)NCC(c3cccs3)N3CCCC3)c(C)n2n1. The van der Waals surface area contributed by atoms with Gasteiger partial charge in [-0.3, -0.25) is 9.69 Å². The van der Waals surface area contributed by atoms with E-state index in [9.17, 15) is 4.79 Å². The van der Waals surface area contributed by atoms with E-state index in [1.807, 2.05) is 24.4 Å². The lowest BCUT2D eigenvalue weighted by molar-refractivity contribution is -0.121. The molecule has 6 nitrogen and oxygen atoms in total. The van der Waals surface area contributed by atoms with Gasteiger partial charge in [0.2, 0.25) is 5.91 Å². The molecule has 0 spiro atoms. The topological polar surface area (TPSA) is 62.5 Å². The maximum absolute atomic E-state index is 12.6. The summed E-state index contributed by atoms with van der Waals surface area (Å²) in [5, 5.41) is 9.82. The Hall–Kier alpha value is -2.25. The fourth-order valence-corrected chi connectivity index (χ4v) is 5.15. The van der Waals surface area contributed by atoms with Crippen LogP contribution in [0.4, 0.5) is 0 Å². The van der Waals surface area contributed by atoms with Gasteiger partial charge in [-0.2, -0.15) is 5.10 Å². The lowest BCUT2D eigenvalue weighted by atomic mass is 10.1. The van der Waals surface area contributed by atoms with Crippen LogP contribution in [0.3, 0.4) is 0 Å². The van der Waals surface area contributed by atoms with Crippen LogP contribution in [0.5, 0.6) is 0 Å². The van der Waals surface area contributed by atoms with E-state index >= 15 is 0 Å². The molecule has 4 rings (SSSR count). The molecule has 1 atom stereocenters. The largest absolute Gasteiger partial charge is 0.354 e. The molecule has 1 N–H and O–H groups in total. The van der Waals surface area contributed by atoms with Gasteiger partial charge in [0.1, 0.15) is 0 Å². The second-order valence-corrected chi connectivity index (χ2v) is 8.87.